The van der Waals surface area contributed by atoms with E-state index in [4.69, 9.17) is 10.3 Å². The number of carbonyl (C=O) groups is 1. The van der Waals surface area contributed by atoms with E-state index in [1.165, 1.54) is 0 Å². The maximum Gasteiger partial charge on any atom is 0.236 e. The number of nitrogens with zero attached hydrogens (tertiary/aromatic N) is 1. The van der Waals surface area contributed by atoms with Crippen LogP contribution in [0.25, 0.3) is 0 Å². The lowest BCUT2D eigenvalue weighted by Crippen LogP contribution is -2.37. The van der Waals surface area contributed by atoms with Gasteiger partial charge in [-0.25, -0.2) is 10.8 Å². The van der Waals surface area contributed by atoms with Gasteiger partial charge >= 0.3 is 0 Å². The van der Waals surface area contributed by atoms with Crippen LogP contribution < -0.4 is 11.3 Å². The van der Waals surface area contributed by atoms with E-state index >= 15 is 0 Å². The maximum absolute atomic E-state index is 11.3. The number of rotatable bonds is 2. The molecule has 0 saturated heterocycles. The van der Waals surface area contributed by atoms with Crippen LogP contribution in [0.3, 0.4) is 0 Å². The molecular weight excluding hydrogens is 206 g/mol. The van der Waals surface area contributed by atoms with Gasteiger partial charge in [0.15, 0.2) is 5.89 Å². The molecule has 0 spiro atoms. The Morgan fingerprint density at radius 2 is 2.19 bits per heavy atom. The average Bonchev–Trinajstić information content (AvgIpc) is 2.75. The first-order valence-electron chi connectivity index (χ1n) is 5.63. The van der Waals surface area contributed by atoms with Gasteiger partial charge in [0.2, 0.25) is 5.91 Å². The van der Waals surface area contributed by atoms with Crippen molar-refractivity contribution in [2.45, 2.75) is 38.5 Å². The number of carbonyl (C=O) groups excluding carboxylic acids is 1. The first-order chi connectivity index (χ1) is 7.70. The number of amides is 1. The summed E-state index contributed by atoms with van der Waals surface area (Å²) in [5.74, 6) is 7.13. The second-order valence-corrected chi connectivity index (χ2v) is 4.37. The molecule has 1 aliphatic rings. The predicted molar refractivity (Wildman–Crippen MR) is 58.3 cm³/mol. The van der Waals surface area contributed by atoms with Crippen LogP contribution in [-0.4, -0.2) is 10.9 Å². The predicted octanol–water partition coefficient (Wildman–Crippen LogP) is 1.25. The largest absolute Gasteiger partial charge is 0.446 e. The van der Waals surface area contributed by atoms with Crippen LogP contribution in [0.1, 0.15) is 43.3 Å². The third kappa shape index (κ3) is 2.24. The van der Waals surface area contributed by atoms with Gasteiger partial charge in [-0.3, -0.25) is 10.2 Å². The molecule has 1 fully saturated rings. The Morgan fingerprint density at radius 3 is 2.69 bits per heavy atom. The van der Waals surface area contributed by atoms with Gasteiger partial charge in [0.1, 0.15) is 5.76 Å². The normalized spacial score (nSPS) is 25.4. The standard InChI is InChI=1S/C11H17N3O2/c1-7-6-13-11(16-7)9-4-2-8(3-5-9)10(15)14-12/h6,8-9H,2-5,12H2,1H3,(H,14,15)/t8-,9-. The van der Waals surface area contributed by atoms with Gasteiger partial charge in [0.05, 0.1) is 6.20 Å². The average molecular weight is 223 g/mol. The number of nitrogens with two attached hydrogens (primary N) is 1. The van der Waals surface area contributed by atoms with Crippen molar-refractivity contribution in [3.05, 3.63) is 17.8 Å². The summed E-state index contributed by atoms with van der Waals surface area (Å²) in [6.07, 6.45) is 5.34. The Hall–Kier alpha value is -1.36. The van der Waals surface area contributed by atoms with Gasteiger partial charge in [-0.05, 0) is 32.6 Å². The molecule has 1 aromatic rings. The third-order valence-electron chi connectivity index (χ3n) is 3.23. The molecule has 1 saturated carbocycles. The number of hydrogen-bond donors (Lipinski definition) is 2. The highest BCUT2D eigenvalue weighted by atomic mass is 16.4. The molecule has 0 atom stereocenters. The van der Waals surface area contributed by atoms with Crippen molar-refractivity contribution in [1.29, 1.82) is 0 Å². The molecule has 1 aromatic heterocycles. The van der Waals surface area contributed by atoms with E-state index in [0.717, 1.165) is 37.3 Å². The fraction of sp³-hybridized carbons (Fsp3) is 0.636. The highest BCUT2D eigenvalue weighted by Crippen LogP contribution is 2.35. The van der Waals surface area contributed by atoms with Gasteiger partial charge in [0, 0.05) is 11.8 Å². The van der Waals surface area contributed by atoms with E-state index in [1.807, 2.05) is 6.92 Å². The highest BCUT2D eigenvalue weighted by molar-refractivity contribution is 5.78. The summed E-state index contributed by atoms with van der Waals surface area (Å²) in [6.45, 7) is 1.89. The van der Waals surface area contributed by atoms with Crippen LogP contribution in [0.15, 0.2) is 10.6 Å². The Bertz CT molecular complexity index is 367. The zero-order valence-electron chi connectivity index (χ0n) is 9.40. The van der Waals surface area contributed by atoms with Gasteiger partial charge in [-0.2, -0.15) is 0 Å². The van der Waals surface area contributed by atoms with E-state index in [9.17, 15) is 4.79 Å². The Balaban J connectivity index is 1.92. The van der Waals surface area contributed by atoms with E-state index in [0.29, 0.717) is 5.92 Å². The van der Waals surface area contributed by atoms with Gasteiger partial charge < -0.3 is 4.42 Å². The summed E-state index contributed by atoms with van der Waals surface area (Å²) in [6, 6.07) is 0. The second kappa shape index (κ2) is 4.65. The molecule has 1 aliphatic carbocycles. The second-order valence-electron chi connectivity index (χ2n) is 4.37. The van der Waals surface area contributed by atoms with Crippen molar-refractivity contribution in [3.63, 3.8) is 0 Å². The molecule has 16 heavy (non-hydrogen) atoms. The summed E-state index contributed by atoms with van der Waals surface area (Å²) < 4.78 is 5.51. The molecule has 0 bridgehead atoms. The highest BCUT2D eigenvalue weighted by Gasteiger charge is 2.28. The molecule has 0 aliphatic heterocycles. The topological polar surface area (TPSA) is 81.2 Å². The van der Waals surface area contributed by atoms with E-state index in [1.54, 1.807) is 6.20 Å². The Morgan fingerprint density at radius 1 is 1.50 bits per heavy atom. The van der Waals surface area contributed by atoms with Crippen molar-refractivity contribution in [3.8, 4) is 0 Å². The minimum Gasteiger partial charge on any atom is -0.446 e. The first kappa shape index (κ1) is 11.1. The summed E-state index contributed by atoms with van der Waals surface area (Å²) in [5.41, 5.74) is 2.22. The maximum atomic E-state index is 11.3. The van der Waals surface area contributed by atoms with Crippen LogP contribution in [0.5, 0.6) is 0 Å². The van der Waals surface area contributed by atoms with Crippen LogP contribution in [0, 0.1) is 12.8 Å². The molecule has 3 N–H and O–H groups in total. The quantitative estimate of drug-likeness (QED) is 0.449. The summed E-state index contributed by atoms with van der Waals surface area (Å²) in [5, 5.41) is 0. The molecule has 1 amide bonds. The minimum atomic E-state index is -0.0537. The number of oxazole rings is 1. The van der Waals surface area contributed by atoms with E-state index in [2.05, 4.69) is 10.4 Å². The number of aryl methyl sites for hydroxylation is 1. The molecule has 1 heterocycles. The molecule has 5 heteroatoms. The third-order valence-corrected chi connectivity index (χ3v) is 3.23. The Kier molecular flexibility index (Phi) is 3.24. The van der Waals surface area contributed by atoms with Crippen LogP contribution in [0.2, 0.25) is 0 Å². The Labute approximate surface area is 94.4 Å². The van der Waals surface area contributed by atoms with Crippen molar-refractivity contribution in [1.82, 2.24) is 10.4 Å². The summed E-state index contributed by atoms with van der Waals surface area (Å²) in [4.78, 5) is 15.6. The monoisotopic (exact) mass is 223 g/mol. The van der Waals surface area contributed by atoms with Crippen molar-refractivity contribution >= 4 is 5.91 Å². The lowest BCUT2D eigenvalue weighted by molar-refractivity contribution is -0.126. The minimum absolute atomic E-state index is 0.0531. The molecule has 5 nitrogen and oxygen atoms in total. The van der Waals surface area contributed by atoms with Crippen molar-refractivity contribution in [2.24, 2.45) is 11.8 Å². The van der Waals surface area contributed by atoms with Crippen LogP contribution in [-0.2, 0) is 4.79 Å². The lowest BCUT2D eigenvalue weighted by Gasteiger charge is -2.25. The fourth-order valence-electron chi connectivity index (χ4n) is 2.28. The fourth-order valence-corrected chi connectivity index (χ4v) is 2.28. The first-order valence-corrected chi connectivity index (χ1v) is 5.63. The van der Waals surface area contributed by atoms with Crippen LogP contribution in [0.4, 0.5) is 0 Å². The SMILES string of the molecule is Cc1cnc([C@H]2CC[C@H](C(=O)NN)CC2)o1. The van der Waals surface area contributed by atoms with E-state index < -0.39 is 0 Å². The molecule has 88 valence electrons. The van der Waals surface area contributed by atoms with Gasteiger partial charge in [0.25, 0.3) is 0 Å². The zero-order chi connectivity index (χ0) is 11.5. The summed E-state index contributed by atoms with van der Waals surface area (Å²) >= 11 is 0. The molecular formula is C11H17N3O2. The zero-order valence-corrected chi connectivity index (χ0v) is 9.40. The molecule has 0 unspecified atom stereocenters. The smallest absolute Gasteiger partial charge is 0.236 e. The molecule has 0 radical (unpaired) electrons. The van der Waals surface area contributed by atoms with Crippen molar-refractivity contribution < 1.29 is 9.21 Å². The number of hydrogen-bond acceptors (Lipinski definition) is 4. The lowest BCUT2D eigenvalue weighted by atomic mass is 9.81. The van der Waals surface area contributed by atoms with E-state index in [-0.39, 0.29) is 11.8 Å². The molecule has 2 rings (SSSR count). The van der Waals surface area contributed by atoms with Gasteiger partial charge in [-0.1, -0.05) is 0 Å². The van der Waals surface area contributed by atoms with Crippen LogP contribution >= 0.6 is 0 Å². The number of aromatic nitrogens is 1. The van der Waals surface area contributed by atoms with Crippen molar-refractivity contribution in [2.75, 3.05) is 0 Å². The van der Waals surface area contributed by atoms with Gasteiger partial charge in [-0.15, -0.1) is 0 Å². The molecule has 0 aromatic carbocycles. The number of hydrazine groups is 1. The summed E-state index contributed by atoms with van der Waals surface area (Å²) in [7, 11) is 0. The number of nitrogens with one attached hydrogen (secondary N) is 1.